The van der Waals surface area contributed by atoms with Gasteiger partial charge in [-0.2, -0.15) is 9.29 Å². The summed E-state index contributed by atoms with van der Waals surface area (Å²) in [6, 6.07) is 11.3. The van der Waals surface area contributed by atoms with Gasteiger partial charge in [0.25, 0.3) is 0 Å². The summed E-state index contributed by atoms with van der Waals surface area (Å²) in [6.07, 6.45) is 3.09. The predicted octanol–water partition coefficient (Wildman–Crippen LogP) is 3.57. The summed E-state index contributed by atoms with van der Waals surface area (Å²) in [5.74, 6) is 1.10. The van der Waals surface area contributed by atoms with E-state index in [4.69, 9.17) is 4.52 Å². The average molecular weight is 485 g/mol. The average Bonchev–Trinajstić information content (AvgIpc) is 3.35. The van der Waals surface area contributed by atoms with Crippen molar-refractivity contribution in [2.45, 2.75) is 43.5 Å². The van der Waals surface area contributed by atoms with Gasteiger partial charge in [0.15, 0.2) is 0 Å². The van der Waals surface area contributed by atoms with Gasteiger partial charge in [-0.05, 0) is 63.1 Å². The molecule has 1 aliphatic heterocycles. The monoisotopic (exact) mass is 484 g/mol. The Labute approximate surface area is 199 Å². The van der Waals surface area contributed by atoms with Crippen LogP contribution in [0.2, 0.25) is 0 Å². The lowest BCUT2D eigenvalue weighted by atomic mass is 9.97. The van der Waals surface area contributed by atoms with Gasteiger partial charge < -0.3 is 14.7 Å². The Kier molecular flexibility index (Phi) is 6.94. The molecule has 2 amide bonds. The Bertz CT molecular complexity index is 1220. The molecular formula is C23H28N6O4S. The van der Waals surface area contributed by atoms with Crippen molar-refractivity contribution in [1.82, 2.24) is 24.3 Å². The highest BCUT2D eigenvalue weighted by Crippen LogP contribution is 2.28. The number of aromatic nitrogens is 3. The van der Waals surface area contributed by atoms with Crippen molar-refractivity contribution in [2.75, 3.05) is 25.5 Å². The lowest BCUT2D eigenvalue weighted by Gasteiger charge is -2.30. The molecule has 0 bridgehead atoms. The van der Waals surface area contributed by atoms with Crippen LogP contribution in [0, 0.1) is 0 Å². The Morgan fingerprint density at radius 2 is 1.85 bits per heavy atom. The van der Waals surface area contributed by atoms with Crippen molar-refractivity contribution >= 4 is 21.7 Å². The number of urea groups is 1. The minimum absolute atomic E-state index is 0.0800. The van der Waals surface area contributed by atoms with Crippen LogP contribution in [-0.2, 0) is 10.0 Å². The summed E-state index contributed by atoms with van der Waals surface area (Å²) in [7, 11) is -2.02. The minimum atomic E-state index is -3.57. The highest BCUT2D eigenvalue weighted by molar-refractivity contribution is 7.89. The number of carbonyl (C=O) groups is 1. The molecule has 34 heavy (non-hydrogen) atoms. The molecule has 1 N–H and O–H groups in total. The summed E-state index contributed by atoms with van der Waals surface area (Å²) in [4.78, 5) is 23.3. The number of hydrogen-bond acceptors (Lipinski definition) is 7. The maximum absolute atomic E-state index is 12.7. The predicted molar refractivity (Wildman–Crippen MR) is 127 cm³/mol. The summed E-state index contributed by atoms with van der Waals surface area (Å²) in [5, 5.41) is 6.87. The third-order valence-electron chi connectivity index (χ3n) is 5.98. The molecule has 11 heteroatoms. The third kappa shape index (κ3) is 5.10. The molecule has 4 rings (SSSR count). The lowest BCUT2D eigenvalue weighted by Crippen LogP contribution is -2.40. The van der Waals surface area contributed by atoms with Gasteiger partial charge in [0.05, 0.1) is 4.90 Å². The number of amides is 2. The molecule has 0 radical (unpaired) electrons. The summed E-state index contributed by atoms with van der Waals surface area (Å²) in [5.41, 5.74) is 1.19. The number of likely N-dealkylation sites (tertiary alicyclic amines) is 1. The van der Waals surface area contributed by atoms with Crippen LogP contribution in [0.1, 0.15) is 38.5 Å². The second-order valence-corrected chi connectivity index (χ2v) is 10.5. The van der Waals surface area contributed by atoms with E-state index in [0.717, 1.165) is 0 Å². The molecule has 3 heterocycles. The van der Waals surface area contributed by atoms with Gasteiger partial charge in [-0.1, -0.05) is 11.2 Å². The van der Waals surface area contributed by atoms with Crippen LogP contribution in [-0.4, -0.2) is 65.0 Å². The summed E-state index contributed by atoms with van der Waals surface area (Å²) < 4.78 is 31.9. The fourth-order valence-corrected chi connectivity index (χ4v) is 5.05. The number of pyridine rings is 1. The number of piperidine rings is 1. The van der Waals surface area contributed by atoms with Gasteiger partial charge in [-0.15, -0.1) is 0 Å². The number of nitrogens with one attached hydrogen (secondary N) is 1. The number of hydrogen-bond donors (Lipinski definition) is 1. The number of benzene rings is 1. The Morgan fingerprint density at radius 3 is 2.47 bits per heavy atom. The molecule has 0 spiro atoms. The number of sulfonamides is 1. The fourth-order valence-electron chi connectivity index (χ4n) is 3.69. The van der Waals surface area contributed by atoms with Gasteiger partial charge in [0.1, 0.15) is 5.69 Å². The summed E-state index contributed by atoms with van der Waals surface area (Å²) >= 11 is 0. The molecule has 0 unspecified atom stereocenters. The van der Waals surface area contributed by atoms with E-state index in [-0.39, 0.29) is 22.9 Å². The number of anilines is 1. The first-order valence-electron chi connectivity index (χ1n) is 11.1. The minimum Gasteiger partial charge on any atom is -0.339 e. The van der Waals surface area contributed by atoms with Crippen molar-refractivity contribution in [1.29, 1.82) is 0 Å². The van der Waals surface area contributed by atoms with E-state index in [1.807, 2.05) is 32.0 Å². The maximum Gasteiger partial charge on any atom is 0.321 e. The molecule has 1 fully saturated rings. The van der Waals surface area contributed by atoms with Crippen molar-refractivity contribution in [3.05, 3.63) is 54.6 Å². The molecule has 1 aromatic carbocycles. The first-order chi connectivity index (χ1) is 16.3. The van der Waals surface area contributed by atoms with Crippen molar-refractivity contribution in [2.24, 2.45) is 0 Å². The van der Waals surface area contributed by atoms with Crippen LogP contribution in [0.15, 0.2) is 58.1 Å². The van der Waals surface area contributed by atoms with E-state index in [0.29, 0.717) is 49.0 Å². The van der Waals surface area contributed by atoms with Crippen LogP contribution in [0.4, 0.5) is 10.5 Å². The Hall–Kier alpha value is -3.31. The number of nitrogens with zero attached hydrogens (tertiary/aromatic N) is 5. The van der Waals surface area contributed by atoms with E-state index < -0.39 is 10.0 Å². The van der Waals surface area contributed by atoms with Crippen LogP contribution in [0.5, 0.6) is 0 Å². The fraction of sp³-hybridized carbons (Fsp3) is 0.391. The first kappa shape index (κ1) is 23.8. The van der Waals surface area contributed by atoms with Crippen molar-refractivity contribution in [3.63, 3.8) is 0 Å². The Morgan fingerprint density at radius 1 is 1.15 bits per heavy atom. The smallest absolute Gasteiger partial charge is 0.321 e. The topological polar surface area (TPSA) is 122 Å². The molecule has 1 aliphatic rings. The van der Waals surface area contributed by atoms with Crippen LogP contribution in [0.25, 0.3) is 11.5 Å². The normalized spacial score (nSPS) is 15.1. The zero-order chi connectivity index (χ0) is 24.3. The van der Waals surface area contributed by atoms with Crippen molar-refractivity contribution < 1.29 is 17.7 Å². The van der Waals surface area contributed by atoms with E-state index in [1.165, 1.54) is 16.4 Å². The highest BCUT2D eigenvalue weighted by Gasteiger charge is 2.28. The molecule has 2 aromatic heterocycles. The molecule has 0 aliphatic carbocycles. The molecule has 180 valence electrons. The van der Waals surface area contributed by atoms with Gasteiger partial charge in [-0.3, -0.25) is 4.98 Å². The number of carbonyl (C=O) groups excluding carboxylic acids is 1. The van der Waals surface area contributed by atoms with E-state index >= 15 is 0 Å². The molecular weight excluding hydrogens is 456 g/mol. The lowest BCUT2D eigenvalue weighted by molar-refractivity contribution is 0.187. The maximum atomic E-state index is 12.7. The molecule has 3 aromatic rings. The Balaban J connectivity index is 1.32. The van der Waals surface area contributed by atoms with Gasteiger partial charge in [-0.25, -0.2) is 13.2 Å². The first-order valence-corrected chi connectivity index (χ1v) is 12.6. The standard InChI is InChI=1S/C23H28N6O4S/c1-16(2)28(3)34(31,32)19-9-7-18(8-10-19)25-23(30)29-14-11-17(12-15-29)22-26-21(27-33-22)20-6-4-5-13-24-20/h4-10,13,16-17H,11-12,14-15H2,1-3H3,(H,25,30). The second kappa shape index (κ2) is 9.90. The van der Waals surface area contributed by atoms with Crippen LogP contribution < -0.4 is 5.32 Å². The third-order valence-corrected chi connectivity index (χ3v) is 8.02. The van der Waals surface area contributed by atoms with Crippen LogP contribution in [0.3, 0.4) is 0 Å². The molecule has 0 saturated carbocycles. The summed E-state index contributed by atoms with van der Waals surface area (Å²) in [6.45, 7) is 4.72. The van der Waals surface area contributed by atoms with Gasteiger partial charge in [0, 0.05) is 44.0 Å². The number of rotatable bonds is 6. The highest BCUT2D eigenvalue weighted by atomic mass is 32.2. The SMILES string of the molecule is CC(C)N(C)S(=O)(=O)c1ccc(NC(=O)N2CCC(c3nc(-c4ccccn4)no3)CC2)cc1. The molecule has 0 atom stereocenters. The largest absolute Gasteiger partial charge is 0.339 e. The van der Waals surface area contributed by atoms with Gasteiger partial charge in [0.2, 0.25) is 21.7 Å². The second-order valence-electron chi connectivity index (χ2n) is 8.50. The van der Waals surface area contributed by atoms with E-state index in [9.17, 15) is 13.2 Å². The zero-order valence-corrected chi connectivity index (χ0v) is 20.2. The zero-order valence-electron chi connectivity index (χ0n) is 19.4. The van der Waals surface area contributed by atoms with Gasteiger partial charge >= 0.3 is 6.03 Å². The van der Waals surface area contributed by atoms with E-state index in [2.05, 4.69) is 20.4 Å². The van der Waals surface area contributed by atoms with Crippen molar-refractivity contribution in [3.8, 4) is 11.5 Å². The van der Waals surface area contributed by atoms with Crippen LogP contribution >= 0.6 is 0 Å². The quantitative estimate of drug-likeness (QED) is 0.567. The molecule has 1 saturated heterocycles. The molecule has 10 nitrogen and oxygen atoms in total. The van der Waals surface area contributed by atoms with E-state index in [1.54, 1.807) is 30.3 Å².